The van der Waals surface area contributed by atoms with Crippen LogP contribution in [0.25, 0.3) is 0 Å². The number of aliphatic hydroxyl groups is 1. The summed E-state index contributed by atoms with van der Waals surface area (Å²) >= 11 is 0. The highest BCUT2D eigenvalue weighted by atomic mass is 19.4. The predicted molar refractivity (Wildman–Crippen MR) is 60.3 cm³/mol. The van der Waals surface area contributed by atoms with Crippen LogP contribution in [0.2, 0.25) is 0 Å². The summed E-state index contributed by atoms with van der Waals surface area (Å²) in [5.41, 5.74) is -0.604. The first-order valence-electron chi connectivity index (χ1n) is 6.01. The van der Waals surface area contributed by atoms with E-state index in [0.29, 0.717) is 12.8 Å². The summed E-state index contributed by atoms with van der Waals surface area (Å²) in [4.78, 5) is 0. The summed E-state index contributed by atoms with van der Waals surface area (Å²) in [5, 5.41) is 11.9. The minimum absolute atomic E-state index is 0.0416. The predicted octanol–water partition coefficient (Wildman–Crippen LogP) is 2.64. The van der Waals surface area contributed by atoms with Crippen molar-refractivity contribution in [3.63, 3.8) is 0 Å². The fraction of sp³-hybridized carbons (Fsp3) is 1.00. The van der Waals surface area contributed by atoms with Crippen LogP contribution in [-0.2, 0) is 4.74 Å². The van der Waals surface area contributed by atoms with Crippen LogP contribution in [-0.4, -0.2) is 49.4 Å². The molecule has 1 unspecified atom stereocenters. The van der Waals surface area contributed by atoms with Gasteiger partial charge < -0.3 is 15.2 Å². The number of rotatable bonds is 8. The molecule has 0 aromatic rings. The molecular weight excluding hydrogens is 292 g/mol. The maximum absolute atomic E-state index is 12.1. The summed E-state index contributed by atoms with van der Waals surface area (Å²) in [6, 6.07) is 0. The Kier molecular flexibility index (Phi) is 7.26. The highest BCUT2D eigenvalue weighted by molar-refractivity contribution is 4.80. The number of aliphatic hydroxyl groups excluding tert-OH is 1. The largest absolute Gasteiger partial charge is 0.423 e. The minimum atomic E-state index is -5.47. The fourth-order valence-electron chi connectivity index (χ4n) is 1.48. The Morgan fingerprint density at radius 3 is 1.90 bits per heavy atom. The summed E-state index contributed by atoms with van der Waals surface area (Å²) in [5.74, 6) is 0. The van der Waals surface area contributed by atoms with Crippen molar-refractivity contribution in [3.8, 4) is 0 Å². The van der Waals surface area contributed by atoms with Crippen LogP contribution in [0.3, 0.4) is 0 Å². The van der Waals surface area contributed by atoms with Crippen molar-refractivity contribution in [2.75, 3.05) is 20.3 Å². The van der Waals surface area contributed by atoms with Gasteiger partial charge in [-0.2, -0.15) is 26.3 Å². The van der Waals surface area contributed by atoms with Crippen molar-refractivity contribution in [1.82, 2.24) is 5.32 Å². The normalized spacial score (nSPS) is 16.5. The third-order valence-electron chi connectivity index (χ3n) is 2.95. The van der Waals surface area contributed by atoms with Crippen LogP contribution in [0.1, 0.15) is 26.2 Å². The first-order chi connectivity index (χ1) is 8.96. The molecule has 0 rings (SSSR count). The molecule has 2 N–H and O–H groups in total. The number of unbranched alkanes of at least 4 members (excludes halogenated alkanes) is 1. The molecule has 0 amide bonds. The van der Waals surface area contributed by atoms with Gasteiger partial charge in [-0.25, -0.2) is 0 Å². The highest BCUT2D eigenvalue weighted by Crippen LogP contribution is 2.35. The van der Waals surface area contributed by atoms with Gasteiger partial charge in [-0.15, -0.1) is 0 Å². The lowest BCUT2D eigenvalue weighted by Gasteiger charge is -2.27. The van der Waals surface area contributed by atoms with Crippen molar-refractivity contribution in [2.45, 2.75) is 50.2 Å². The van der Waals surface area contributed by atoms with Gasteiger partial charge in [-0.1, -0.05) is 0 Å². The van der Waals surface area contributed by atoms with Crippen LogP contribution in [0, 0.1) is 0 Å². The average Bonchev–Trinajstić information content (AvgIpc) is 2.30. The zero-order valence-electron chi connectivity index (χ0n) is 11.2. The van der Waals surface area contributed by atoms with E-state index in [-0.39, 0.29) is 13.0 Å². The second-order valence-electron chi connectivity index (χ2n) is 4.76. The van der Waals surface area contributed by atoms with E-state index in [1.807, 2.05) is 0 Å². The second-order valence-corrected chi connectivity index (χ2v) is 4.76. The maximum Gasteiger partial charge on any atom is 0.423 e. The van der Waals surface area contributed by atoms with E-state index in [9.17, 15) is 26.3 Å². The van der Waals surface area contributed by atoms with Crippen LogP contribution in [0.5, 0.6) is 0 Å². The molecule has 0 aliphatic rings. The van der Waals surface area contributed by atoms with Gasteiger partial charge in [0.15, 0.2) is 0 Å². The van der Waals surface area contributed by atoms with Crippen LogP contribution < -0.4 is 5.32 Å². The Hall–Kier alpha value is -0.540. The first kappa shape index (κ1) is 19.5. The molecule has 0 saturated carbocycles. The van der Waals surface area contributed by atoms with Gasteiger partial charge in [0, 0.05) is 12.1 Å². The van der Waals surface area contributed by atoms with Crippen LogP contribution in [0.4, 0.5) is 26.3 Å². The van der Waals surface area contributed by atoms with Crippen molar-refractivity contribution < 1.29 is 36.2 Å². The van der Waals surface area contributed by atoms with Gasteiger partial charge in [0.2, 0.25) is 6.10 Å². The lowest BCUT2D eigenvalue weighted by atomic mass is 9.96. The molecule has 0 fully saturated rings. The zero-order valence-corrected chi connectivity index (χ0v) is 11.2. The SMILES string of the molecule is CNC(C)(CO)CCCCOC(C(F)(F)F)C(F)(F)F. The molecule has 20 heavy (non-hydrogen) atoms. The van der Waals surface area contributed by atoms with Gasteiger partial charge in [0.05, 0.1) is 6.61 Å². The van der Waals surface area contributed by atoms with Crippen molar-refractivity contribution in [1.29, 1.82) is 0 Å². The molecule has 0 radical (unpaired) electrons. The van der Waals surface area contributed by atoms with Gasteiger partial charge in [-0.3, -0.25) is 0 Å². The molecular formula is C11H19F6NO2. The van der Waals surface area contributed by atoms with Crippen LogP contribution >= 0.6 is 0 Å². The number of likely N-dealkylation sites (N-methyl/N-ethyl adjacent to an activating group) is 1. The van der Waals surface area contributed by atoms with E-state index in [0.717, 1.165) is 0 Å². The maximum atomic E-state index is 12.1. The molecule has 1 atom stereocenters. The van der Waals surface area contributed by atoms with Crippen LogP contribution in [0.15, 0.2) is 0 Å². The van der Waals surface area contributed by atoms with Gasteiger partial charge >= 0.3 is 12.4 Å². The Morgan fingerprint density at radius 2 is 1.55 bits per heavy atom. The average molecular weight is 311 g/mol. The first-order valence-corrected chi connectivity index (χ1v) is 6.01. The molecule has 122 valence electrons. The molecule has 0 saturated heterocycles. The lowest BCUT2D eigenvalue weighted by molar-refractivity contribution is -0.321. The van der Waals surface area contributed by atoms with Crippen molar-refractivity contribution in [3.05, 3.63) is 0 Å². The molecule has 0 spiro atoms. The Balaban J connectivity index is 4.16. The molecule has 0 aromatic carbocycles. The van der Waals surface area contributed by atoms with Gasteiger partial charge in [-0.05, 0) is 33.2 Å². The van der Waals surface area contributed by atoms with Crippen molar-refractivity contribution in [2.24, 2.45) is 0 Å². The standard InChI is InChI=1S/C11H19F6NO2/c1-9(7-19,18-2)5-3-4-6-20-8(10(12,13)14)11(15,16)17/h8,18-19H,3-7H2,1-2H3. The monoisotopic (exact) mass is 311 g/mol. The molecule has 0 heterocycles. The summed E-state index contributed by atoms with van der Waals surface area (Å²) in [6.45, 7) is 0.870. The molecule has 0 aromatic heterocycles. The van der Waals surface area contributed by atoms with Crippen molar-refractivity contribution >= 4 is 0 Å². The van der Waals surface area contributed by atoms with E-state index in [4.69, 9.17) is 5.11 Å². The molecule has 0 aliphatic carbocycles. The fourth-order valence-corrected chi connectivity index (χ4v) is 1.48. The minimum Gasteiger partial charge on any atom is -0.394 e. The molecule has 0 bridgehead atoms. The molecule has 3 nitrogen and oxygen atoms in total. The van der Waals surface area contributed by atoms with E-state index in [1.165, 1.54) is 0 Å². The number of alkyl halides is 6. The number of hydrogen-bond donors (Lipinski definition) is 2. The third kappa shape index (κ3) is 6.76. The zero-order chi connectivity index (χ0) is 16.0. The molecule has 0 aliphatic heterocycles. The summed E-state index contributed by atoms with van der Waals surface area (Å²) < 4.78 is 76.7. The van der Waals surface area contributed by atoms with E-state index < -0.39 is 30.6 Å². The molecule has 9 heteroatoms. The second kappa shape index (κ2) is 7.46. The number of nitrogens with one attached hydrogen (secondary N) is 1. The lowest BCUT2D eigenvalue weighted by Crippen LogP contribution is -2.44. The summed E-state index contributed by atoms with van der Waals surface area (Å²) in [7, 11) is 1.61. The topological polar surface area (TPSA) is 41.5 Å². The summed E-state index contributed by atoms with van der Waals surface area (Å²) in [6.07, 6.45) is -13.9. The number of hydrogen-bond acceptors (Lipinski definition) is 3. The van der Waals surface area contributed by atoms with Gasteiger partial charge in [0.25, 0.3) is 0 Å². The van der Waals surface area contributed by atoms with Gasteiger partial charge in [0.1, 0.15) is 0 Å². The van der Waals surface area contributed by atoms with E-state index in [2.05, 4.69) is 10.1 Å². The Morgan fingerprint density at radius 1 is 1.05 bits per heavy atom. The number of halogens is 6. The Labute approximate surface area is 113 Å². The smallest absolute Gasteiger partial charge is 0.394 e. The number of ether oxygens (including phenoxy) is 1. The highest BCUT2D eigenvalue weighted by Gasteiger charge is 2.57. The quantitative estimate of drug-likeness (QED) is 0.535. The Bertz CT molecular complexity index is 261. The van der Waals surface area contributed by atoms with E-state index in [1.54, 1.807) is 14.0 Å². The van der Waals surface area contributed by atoms with E-state index >= 15 is 0 Å². The third-order valence-corrected chi connectivity index (χ3v) is 2.95.